The highest BCUT2D eigenvalue weighted by atomic mass is 79.9. The predicted octanol–water partition coefficient (Wildman–Crippen LogP) is 3.28. The first-order valence-corrected chi connectivity index (χ1v) is 10.1. The molecule has 0 bridgehead atoms. The number of rotatable bonds is 5. The Morgan fingerprint density at radius 3 is 2.71 bits per heavy atom. The first kappa shape index (κ1) is 17.4. The summed E-state index contributed by atoms with van der Waals surface area (Å²) in [6.45, 7) is 6.53. The van der Waals surface area contributed by atoms with Crippen LogP contribution in [0.5, 0.6) is 0 Å². The fourth-order valence-electron chi connectivity index (χ4n) is 2.66. The average molecular weight is 440 g/mol. The summed E-state index contributed by atoms with van der Waals surface area (Å²) in [5.74, 6) is 0. The van der Waals surface area contributed by atoms with Crippen molar-refractivity contribution in [1.29, 1.82) is 0 Å². The van der Waals surface area contributed by atoms with Crippen LogP contribution in [0.4, 0.5) is 0 Å². The van der Waals surface area contributed by atoms with Crippen LogP contribution in [-0.2, 0) is 10.0 Å². The van der Waals surface area contributed by atoms with Crippen LogP contribution in [0.2, 0.25) is 0 Å². The van der Waals surface area contributed by atoms with E-state index in [9.17, 15) is 8.42 Å². The van der Waals surface area contributed by atoms with E-state index in [1.54, 1.807) is 6.07 Å². The van der Waals surface area contributed by atoms with Crippen molar-refractivity contribution in [1.82, 2.24) is 9.62 Å². The zero-order valence-corrected chi connectivity index (χ0v) is 16.2. The number of hydrogen-bond acceptors (Lipinski definition) is 3. The van der Waals surface area contributed by atoms with Gasteiger partial charge >= 0.3 is 0 Å². The topological polar surface area (TPSA) is 49.4 Å². The second-order valence-corrected chi connectivity index (χ2v) is 8.75. The summed E-state index contributed by atoms with van der Waals surface area (Å²) in [6, 6.07) is 3.76. The Kier molecular flexibility index (Phi) is 5.87. The van der Waals surface area contributed by atoms with Gasteiger partial charge in [0.15, 0.2) is 0 Å². The highest BCUT2D eigenvalue weighted by Crippen LogP contribution is 2.29. The van der Waals surface area contributed by atoms with Gasteiger partial charge in [-0.3, -0.25) is 4.90 Å². The molecule has 1 fully saturated rings. The molecule has 0 radical (unpaired) electrons. The standard InChI is InChI=1S/C14H20Br2N2O2S/c1-3-18-6-4-5-11(18)9-17-21(19,20)14-8-12(15)10(2)7-13(14)16/h7-8,11,17H,3-6,9H2,1-2H3. The van der Waals surface area contributed by atoms with Crippen molar-refractivity contribution in [2.24, 2.45) is 0 Å². The van der Waals surface area contributed by atoms with Crippen LogP contribution in [0.1, 0.15) is 25.3 Å². The van der Waals surface area contributed by atoms with Crippen molar-refractivity contribution in [2.45, 2.75) is 37.6 Å². The third kappa shape index (κ3) is 4.07. The number of nitrogens with one attached hydrogen (secondary N) is 1. The van der Waals surface area contributed by atoms with Gasteiger partial charge in [-0.05, 0) is 66.5 Å². The van der Waals surface area contributed by atoms with E-state index in [0.29, 0.717) is 17.1 Å². The number of likely N-dealkylation sites (N-methyl/N-ethyl adjacent to an activating group) is 1. The normalized spacial score (nSPS) is 20.1. The van der Waals surface area contributed by atoms with Crippen molar-refractivity contribution < 1.29 is 8.42 Å². The van der Waals surface area contributed by atoms with E-state index in [4.69, 9.17) is 0 Å². The molecule has 1 aliphatic heterocycles. The lowest BCUT2D eigenvalue weighted by Crippen LogP contribution is -2.40. The monoisotopic (exact) mass is 438 g/mol. The molecule has 0 amide bonds. The summed E-state index contributed by atoms with van der Waals surface area (Å²) < 4.78 is 29.1. The molecule has 0 saturated carbocycles. The number of nitrogens with zero attached hydrogens (tertiary/aromatic N) is 1. The predicted molar refractivity (Wildman–Crippen MR) is 92.0 cm³/mol. The molecule has 0 spiro atoms. The second kappa shape index (κ2) is 7.08. The Morgan fingerprint density at radius 2 is 2.05 bits per heavy atom. The van der Waals surface area contributed by atoms with E-state index < -0.39 is 10.0 Å². The van der Waals surface area contributed by atoms with Crippen LogP contribution in [0, 0.1) is 6.92 Å². The second-order valence-electron chi connectivity index (χ2n) is 5.31. The summed E-state index contributed by atoms with van der Waals surface area (Å²) in [5.41, 5.74) is 0.994. The van der Waals surface area contributed by atoms with Crippen molar-refractivity contribution in [3.63, 3.8) is 0 Å². The van der Waals surface area contributed by atoms with Gasteiger partial charge in [0.05, 0.1) is 4.90 Å². The van der Waals surface area contributed by atoms with Gasteiger partial charge in [-0.1, -0.05) is 22.9 Å². The lowest BCUT2D eigenvalue weighted by atomic mass is 10.2. The SMILES string of the molecule is CCN1CCCC1CNS(=O)(=O)c1cc(Br)c(C)cc1Br. The minimum Gasteiger partial charge on any atom is -0.299 e. The smallest absolute Gasteiger partial charge is 0.241 e. The van der Waals surface area contributed by atoms with Crippen molar-refractivity contribution in [2.75, 3.05) is 19.6 Å². The van der Waals surface area contributed by atoms with Gasteiger partial charge < -0.3 is 0 Å². The molecule has 1 heterocycles. The van der Waals surface area contributed by atoms with Crippen LogP contribution in [-0.4, -0.2) is 39.0 Å². The molecule has 7 heteroatoms. The third-order valence-electron chi connectivity index (χ3n) is 3.92. The van der Waals surface area contributed by atoms with Crippen LogP contribution < -0.4 is 4.72 Å². The van der Waals surface area contributed by atoms with E-state index in [-0.39, 0.29) is 4.90 Å². The molecule has 1 aromatic rings. The van der Waals surface area contributed by atoms with Gasteiger partial charge in [0.1, 0.15) is 0 Å². The minimum atomic E-state index is -3.50. The quantitative estimate of drug-likeness (QED) is 0.765. The van der Waals surface area contributed by atoms with Crippen molar-refractivity contribution in [3.05, 3.63) is 26.6 Å². The lowest BCUT2D eigenvalue weighted by Gasteiger charge is -2.23. The molecule has 1 aliphatic rings. The Morgan fingerprint density at radius 1 is 1.33 bits per heavy atom. The zero-order valence-electron chi connectivity index (χ0n) is 12.2. The fraction of sp³-hybridized carbons (Fsp3) is 0.571. The molecular formula is C14H20Br2N2O2S. The molecule has 1 N–H and O–H groups in total. The minimum absolute atomic E-state index is 0.279. The molecule has 0 aromatic heterocycles. The molecule has 4 nitrogen and oxygen atoms in total. The molecule has 1 aromatic carbocycles. The zero-order chi connectivity index (χ0) is 15.6. The Labute approximate surface area is 143 Å². The number of aryl methyl sites for hydroxylation is 1. The summed E-state index contributed by atoms with van der Waals surface area (Å²) in [7, 11) is -3.50. The molecule has 118 valence electrons. The Hall–Kier alpha value is 0.0500. The van der Waals surface area contributed by atoms with Crippen LogP contribution in [0.25, 0.3) is 0 Å². The number of hydrogen-bond donors (Lipinski definition) is 1. The summed E-state index contributed by atoms with van der Waals surface area (Å²) in [4.78, 5) is 2.60. The molecule has 1 atom stereocenters. The van der Waals surface area contributed by atoms with Crippen LogP contribution in [0.15, 0.2) is 26.0 Å². The summed E-state index contributed by atoms with van der Waals surface area (Å²) >= 11 is 6.74. The summed E-state index contributed by atoms with van der Waals surface area (Å²) in [5, 5.41) is 0. The highest BCUT2D eigenvalue weighted by molar-refractivity contribution is 9.11. The molecule has 1 unspecified atom stereocenters. The van der Waals surface area contributed by atoms with E-state index in [1.165, 1.54) is 0 Å². The van der Waals surface area contributed by atoms with Crippen molar-refractivity contribution in [3.8, 4) is 0 Å². The van der Waals surface area contributed by atoms with Crippen LogP contribution >= 0.6 is 31.9 Å². The number of benzene rings is 1. The van der Waals surface area contributed by atoms with E-state index in [0.717, 1.165) is 36.0 Å². The number of halogens is 2. The first-order chi connectivity index (χ1) is 9.85. The maximum atomic E-state index is 12.5. The Bertz CT molecular complexity index is 620. The molecule has 1 saturated heterocycles. The third-order valence-corrected chi connectivity index (χ3v) is 7.15. The maximum Gasteiger partial charge on any atom is 0.241 e. The lowest BCUT2D eigenvalue weighted by molar-refractivity contribution is 0.268. The van der Waals surface area contributed by atoms with E-state index in [1.807, 2.05) is 13.0 Å². The number of likely N-dealkylation sites (tertiary alicyclic amines) is 1. The largest absolute Gasteiger partial charge is 0.299 e. The molecule has 2 rings (SSSR count). The van der Waals surface area contributed by atoms with Gasteiger partial charge in [0.2, 0.25) is 10.0 Å². The van der Waals surface area contributed by atoms with Gasteiger partial charge in [-0.2, -0.15) is 0 Å². The van der Waals surface area contributed by atoms with Crippen LogP contribution in [0.3, 0.4) is 0 Å². The molecule has 21 heavy (non-hydrogen) atoms. The van der Waals surface area contributed by atoms with E-state index in [2.05, 4.69) is 48.4 Å². The number of sulfonamides is 1. The fourth-order valence-corrected chi connectivity index (χ4v) is 5.41. The van der Waals surface area contributed by atoms with Crippen molar-refractivity contribution >= 4 is 41.9 Å². The Balaban J connectivity index is 2.14. The average Bonchev–Trinajstić information content (AvgIpc) is 2.88. The van der Waals surface area contributed by atoms with Gasteiger partial charge in [-0.25, -0.2) is 13.1 Å². The maximum absolute atomic E-state index is 12.5. The first-order valence-electron chi connectivity index (χ1n) is 7.04. The van der Waals surface area contributed by atoms with Gasteiger partial charge in [-0.15, -0.1) is 0 Å². The molecular weight excluding hydrogens is 420 g/mol. The summed E-state index contributed by atoms with van der Waals surface area (Å²) in [6.07, 6.45) is 2.19. The van der Waals surface area contributed by atoms with E-state index >= 15 is 0 Å². The highest BCUT2D eigenvalue weighted by Gasteiger charge is 2.26. The van der Waals surface area contributed by atoms with Gasteiger partial charge in [0, 0.05) is 21.5 Å². The van der Waals surface area contributed by atoms with Gasteiger partial charge in [0.25, 0.3) is 0 Å². The molecule has 0 aliphatic carbocycles.